The molecule has 0 saturated carbocycles. The van der Waals surface area contributed by atoms with Crippen LogP contribution in [-0.4, -0.2) is 34.8 Å². The van der Waals surface area contributed by atoms with Crippen LogP contribution in [0.2, 0.25) is 0 Å². The second-order valence-corrected chi connectivity index (χ2v) is 11.0. The van der Waals surface area contributed by atoms with Crippen molar-refractivity contribution in [3.63, 3.8) is 0 Å². The highest BCUT2D eigenvalue weighted by Crippen LogP contribution is 2.42. The van der Waals surface area contributed by atoms with Gasteiger partial charge >= 0.3 is 6.09 Å². The van der Waals surface area contributed by atoms with Gasteiger partial charge in [0.25, 0.3) is 0 Å². The van der Waals surface area contributed by atoms with E-state index in [4.69, 9.17) is 4.74 Å². The van der Waals surface area contributed by atoms with E-state index in [0.29, 0.717) is 25.9 Å². The molecule has 1 fully saturated rings. The second kappa shape index (κ2) is 8.93. The molecular weight excluding hydrogens is 462 g/mol. The molecule has 1 amide bonds. The Morgan fingerprint density at radius 3 is 2.33 bits per heavy atom. The normalized spacial score (nSPS) is 16.4. The molecule has 0 radical (unpaired) electrons. The molecule has 6 heteroatoms. The van der Waals surface area contributed by atoms with E-state index in [-0.39, 0.29) is 6.09 Å². The van der Waals surface area contributed by atoms with Crippen molar-refractivity contribution in [2.75, 3.05) is 13.1 Å². The van der Waals surface area contributed by atoms with Crippen LogP contribution in [0.3, 0.4) is 0 Å². The molecule has 2 aromatic rings. The molecule has 0 unspecified atom stereocenters. The molecular formula is C24H30BrNO3S. The number of nitrogens with zero attached hydrogens (tertiary/aromatic N) is 1. The number of rotatable bonds is 3. The van der Waals surface area contributed by atoms with Gasteiger partial charge in [-0.15, -0.1) is 0 Å². The Kier molecular flexibility index (Phi) is 6.90. The van der Waals surface area contributed by atoms with Crippen molar-refractivity contribution >= 4 is 33.8 Å². The number of likely N-dealkylation sites (tertiary alicyclic amines) is 1. The van der Waals surface area contributed by atoms with E-state index < -0.39 is 11.2 Å². The highest BCUT2D eigenvalue weighted by Gasteiger charge is 2.38. The van der Waals surface area contributed by atoms with Gasteiger partial charge in [0, 0.05) is 27.4 Å². The fourth-order valence-electron chi connectivity index (χ4n) is 3.64. The monoisotopic (exact) mass is 491 g/mol. The number of ether oxygens (including phenoxy) is 1. The SMILES string of the molecule is Cc1ccc(Sc2ccc(Br)cc2C2(O)CCN(C(=O)OC(C)(C)C)CC2)c(C)c1. The minimum atomic E-state index is -0.983. The standard InChI is InChI=1S/C24H30BrNO3S/c1-16-6-8-20(17(2)14-16)30-21-9-7-18(25)15-19(21)24(28)10-12-26(13-11-24)22(27)29-23(3,4)5/h6-9,14-15,28H,10-13H2,1-5H3. The summed E-state index contributed by atoms with van der Waals surface area (Å²) < 4.78 is 6.43. The van der Waals surface area contributed by atoms with Crippen LogP contribution in [0.15, 0.2) is 50.7 Å². The van der Waals surface area contributed by atoms with Crippen LogP contribution in [0.25, 0.3) is 0 Å². The molecule has 1 heterocycles. The molecule has 1 saturated heterocycles. The number of benzene rings is 2. The number of piperidine rings is 1. The molecule has 1 N–H and O–H groups in total. The highest BCUT2D eigenvalue weighted by atomic mass is 79.9. The van der Waals surface area contributed by atoms with Crippen molar-refractivity contribution in [3.8, 4) is 0 Å². The molecule has 4 nitrogen and oxygen atoms in total. The number of carbonyl (C=O) groups excluding carboxylic acids is 1. The molecule has 2 aromatic carbocycles. The number of amides is 1. The molecule has 162 valence electrons. The van der Waals surface area contributed by atoms with E-state index in [1.807, 2.05) is 32.9 Å². The van der Waals surface area contributed by atoms with E-state index in [1.54, 1.807) is 16.7 Å². The van der Waals surface area contributed by atoms with E-state index in [1.165, 1.54) is 16.0 Å². The van der Waals surface area contributed by atoms with Gasteiger partial charge in [-0.25, -0.2) is 4.79 Å². The van der Waals surface area contributed by atoms with Crippen LogP contribution in [0.1, 0.15) is 50.3 Å². The topological polar surface area (TPSA) is 49.8 Å². The third kappa shape index (κ3) is 5.59. The van der Waals surface area contributed by atoms with Crippen LogP contribution in [0.5, 0.6) is 0 Å². The number of hydrogen-bond acceptors (Lipinski definition) is 4. The summed E-state index contributed by atoms with van der Waals surface area (Å²) in [5, 5.41) is 11.6. The lowest BCUT2D eigenvalue weighted by Gasteiger charge is -2.39. The highest BCUT2D eigenvalue weighted by molar-refractivity contribution is 9.10. The van der Waals surface area contributed by atoms with E-state index in [0.717, 1.165) is 14.9 Å². The Hall–Kier alpha value is -1.50. The van der Waals surface area contributed by atoms with Gasteiger partial charge < -0.3 is 14.7 Å². The molecule has 1 aliphatic heterocycles. The maximum Gasteiger partial charge on any atom is 0.410 e. The molecule has 1 aliphatic rings. The van der Waals surface area contributed by atoms with Crippen molar-refractivity contribution in [1.82, 2.24) is 4.90 Å². The summed E-state index contributed by atoms with van der Waals surface area (Å²) in [6.07, 6.45) is 0.635. The average molecular weight is 492 g/mol. The molecule has 3 rings (SSSR count). The quantitative estimate of drug-likeness (QED) is 0.536. The molecule has 0 aliphatic carbocycles. The van der Waals surface area contributed by atoms with Crippen LogP contribution < -0.4 is 0 Å². The Balaban J connectivity index is 1.82. The van der Waals surface area contributed by atoms with Crippen molar-refractivity contribution in [2.24, 2.45) is 0 Å². The smallest absolute Gasteiger partial charge is 0.410 e. The lowest BCUT2D eigenvalue weighted by Crippen LogP contribution is -2.47. The van der Waals surface area contributed by atoms with Gasteiger partial charge in [0.2, 0.25) is 0 Å². The third-order valence-electron chi connectivity index (χ3n) is 5.24. The predicted molar refractivity (Wildman–Crippen MR) is 125 cm³/mol. The number of halogens is 1. The summed E-state index contributed by atoms with van der Waals surface area (Å²) in [6.45, 7) is 10.7. The summed E-state index contributed by atoms with van der Waals surface area (Å²) in [5.74, 6) is 0. The largest absolute Gasteiger partial charge is 0.444 e. The fraction of sp³-hybridized carbons (Fsp3) is 0.458. The first-order valence-electron chi connectivity index (χ1n) is 10.2. The predicted octanol–water partition coefficient (Wildman–Crippen LogP) is 6.44. The first-order chi connectivity index (χ1) is 14.0. The number of aryl methyl sites for hydroxylation is 2. The summed E-state index contributed by atoms with van der Waals surface area (Å²) >= 11 is 5.24. The second-order valence-electron chi connectivity index (χ2n) is 9.01. The van der Waals surface area contributed by atoms with E-state index >= 15 is 0 Å². The minimum absolute atomic E-state index is 0.316. The molecule has 0 bridgehead atoms. The van der Waals surface area contributed by atoms with Crippen molar-refractivity contribution in [2.45, 2.75) is 68.5 Å². The molecule has 0 atom stereocenters. The zero-order chi connectivity index (χ0) is 22.1. The summed E-state index contributed by atoms with van der Waals surface area (Å²) in [5.41, 5.74) is 1.86. The first-order valence-corrected chi connectivity index (χ1v) is 11.8. The number of aliphatic hydroxyl groups is 1. The number of hydrogen-bond donors (Lipinski definition) is 1. The zero-order valence-corrected chi connectivity index (χ0v) is 20.7. The van der Waals surface area contributed by atoms with Crippen LogP contribution in [-0.2, 0) is 10.3 Å². The van der Waals surface area contributed by atoms with Gasteiger partial charge in [0.15, 0.2) is 0 Å². The average Bonchev–Trinajstić information content (AvgIpc) is 2.64. The summed E-state index contributed by atoms with van der Waals surface area (Å²) in [7, 11) is 0. The van der Waals surface area contributed by atoms with Gasteiger partial charge in [-0.2, -0.15) is 0 Å². The number of carbonyl (C=O) groups is 1. The molecule has 0 aromatic heterocycles. The minimum Gasteiger partial charge on any atom is -0.444 e. The summed E-state index contributed by atoms with van der Waals surface area (Å²) in [6, 6.07) is 12.5. The van der Waals surface area contributed by atoms with Gasteiger partial charge in [-0.3, -0.25) is 0 Å². The Labute approximate surface area is 192 Å². The maximum atomic E-state index is 12.4. The van der Waals surface area contributed by atoms with Gasteiger partial charge in [0.05, 0.1) is 5.60 Å². The Bertz CT molecular complexity index is 931. The first kappa shape index (κ1) is 23.2. The lowest BCUT2D eigenvalue weighted by atomic mass is 9.84. The molecule has 0 spiro atoms. The maximum absolute atomic E-state index is 12.4. The van der Waals surface area contributed by atoms with Crippen LogP contribution >= 0.6 is 27.7 Å². The lowest BCUT2D eigenvalue weighted by molar-refractivity contribution is -0.0371. The van der Waals surface area contributed by atoms with Crippen LogP contribution in [0, 0.1) is 13.8 Å². The summed E-state index contributed by atoms with van der Waals surface area (Å²) in [4.78, 5) is 16.3. The van der Waals surface area contributed by atoms with Crippen molar-refractivity contribution < 1.29 is 14.6 Å². The molecule has 30 heavy (non-hydrogen) atoms. The van der Waals surface area contributed by atoms with Gasteiger partial charge in [-0.05, 0) is 82.9 Å². The van der Waals surface area contributed by atoms with E-state index in [9.17, 15) is 9.90 Å². The van der Waals surface area contributed by atoms with Crippen molar-refractivity contribution in [3.05, 3.63) is 57.6 Å². The fourth-order valence-corrected chi connectivity index (χ4v) is 5.09. The van der Waals surface area contributed by atoms with Crippen molar-refractivity contribution in [1.29, 1.82) is 0 Å². The van der Waals surface area contributed by atoms with E-state index in [2.05, 4.69) is 54.0 Å². The Morgan fingerprint density at radius 2 is 1.73 bits per heavy atom. The third-order valence-corrected chi connectivity index (χ3v) is 6.98. The van der Waals surface area contributed by atoms with Gasteiger partial charge in [-0.1, -0.05) is 45.4 Å². The zero-order valence-electron chi connectivity index (χ0n) is 18.3. The Morgan fingerprint density at radius 1 is 1.10 bits per heavy atom. The van der Waals surface area contributed by atoms with Crippen LogP contribution in [0.4, 0.5) is 4.79 Å². The van der Waals surface area contributed by atoms with Gasteiger partial charge in [0.1, 0.15) is 5.60 Å².